The Morgan fingerprint density at radius 3 is 2.53 bits per heavy atom. The van der Waals surface area contributed by atoms with Crippen molar-refractivity contribution in [2.75, 3.05) is 5.73 Å². The molecule has 1 unspecified atom stereocenters. The summed E-state index contributed by atoms with van der Waals surface area (Å²) < 4.78 is 0. The summed E-state index contributed by atoms with van der Waals surface area (Å²) >= 11 is 0. The summed E-state index contributed by atoms with van der Waals surface area (Å²) in [6.07, 6.45) is 4.16. The van der Waals surface area contributed by atoms with Crippen molar-refractivity contribution in [3.63, 3.8) is 0 Å². The predicted molar refractivity (Wildman–Crippen MR) is 76.1 cm³/mol. The molecule has 100 valence electrons. The zero-order valence-electron chi connectivity index (χ0n) is 11.2. The molecule has 0 saturated heterocycles. The van der Waals surface area contributed by atoms with Crippen LogP contribution in [0.2, 0.25) is 0 Å². The fraction of sp³-hybridized carbons (Fsp3) is 0.286. The van der Waals surface area contributed by atoms with E-state index in [4.69, 9.17) is 11.6 Å². The number of nitrogen functional groups attached to an aromatic ring is 1. The Balaban J connectivity index is 2.28. The molecule has 5 N–H and O–H groups in total. The third-order valence-corrected chi connectivity index (χ3v) is 3.07. The van der Waals surface area contributed by atoms with Crippen molar-refractivity contribution in [3.05, 3.63) is 53.1 Å². The number of nitrogens with zero attached hydrogens (tertiary/aromatic N) is 2. The lowest BCUT2D eigenvalue weighted by Crippen LogP contribution is -2.30. The Labute approximate surface area is 113 Å². The highest BCUT2D eigenvalue weighted by molar-refractivity contribution is 5.45. The van der Waals surface area contributed by atoms with Crippen LogP contribution in [0, 0.1) is 13.8 Å². The lowest BCUT2D eigenvalue weighted by atomic mass is 9.99. The molecular formula is C14H19N5. The first-order valence-electron chi connectivity index (χ1n) is 6.20. The first-order chi connectivity index (χ1) is 9.10. The lowest BCUT2D eigenvalue weighted by molar-refractivity contribution is 0.550. The fourth-order valence-electron chi connectivity index (χ4n) is 2.17. The molecule has 0 aliphatic heterocycles. The van der Waals surface area contributed by atoms with E-state index in [0.717, 1.165) is 28.2 Å². The molecule has 5 heteroatoms. The van der Waals surface area contributed by atoms with Gasteiger partial charge in [0.2, 0.25) is 0 Å². The number of hydrogen-bond donors (Lipinski definition) is 3. The second-order valence-electron chi connectivity index (χ2n) is 4.68. The molecular weight excluding hydrogens is 238 g/mol. The zero-order chi connectivity index (χ0) is 13.8. The van der Waals surface area contributed by atoms with Gasteiger partial charge in [-0.25, -0.2) is 0 Å². The first-order valence-corrected chi connectivity index (χ1v) is 6.20. The molecule has 19 heavy (non-hydrogen) atoms. The van der Waals surface area contributed by atoms with E-state index in [9.17, 15) is 0 Å². The number of hydrazine groups is 1. The highest BCUT2D eigenvalue weighted by Gasteiger charge is 2.13. The van der Waals surface area contributed by atoms with Gasteiger partial charge in [0, 0.05) is 29.5 Å². The van der Waals surface area contributed by atoms with Gasteiger partial charge in [-0.2, -0.15) is 0 Å². The fourth-order valence-corrected chi connectivity index (χ4v) is 2.17. The van der Waals surface area contributed by atoms with E-state index >= 15 is 0 Å². The van der Waals surface area contributed by atoms with Crippen molar-refractivity contribution >= 4 is 5.69 Å². The monoisotopic (exact) mass is 257 g/mol. The number of pyridine rings is 2. The molecule has 1 atom stereocenters. The number of nitrogens with one attached hydrogen (secondary N) is 1. The number of anilines is 1. The molecule has 0 aromatic carbocycles. The van der Waals surface area contributed by atoms with E-state index < -0.39 is 0 Å². The van der Waals surface area contributed by atoms with Crippen LogP contribution >= 0.6 is 0 Å². The standard InChI is InChI=1S/C14H19N5/c1-9-5-11(6-10(2)18-9)14(19-16)7-12-8-17-4-3-13(12)15/h3-6,8,14,19H,7,16H2,1-2H3,(H2,15,17). The summed E-state index contributed by atoms with van der Waals surface area (Å²) in [5.41, 5.74) is 13.6. The molecule has 5 nitrogen and oxygen atoms in total. The van der Waals surface area contributed by atoms with Crippen LogP contribution in [-0.4, -0.2) is 9.97 Å². The minimum absolute atomic E-state index is 0.00750. The van der Waals surface area contributed by atoms with Crippen LogP contribution in [0.25, 0.3) is 0 Å². The molecule has 0 bridgehead atoms. The maximum Gasteiger partial charge on any atom is 0.0502 e. The van der Waals surface area contributed by atoms with Crippen molar-refractivity contribution in [2.24, 2.45) is 5.84 Å². The molecule has 2 rings (SSSR count). The van der Waals surface area contributed by atoms with E-state index in [0.29, 0.717) is 6.42 Å². The third-order valence-electron chi connectivity index (χ3n) is 3.07. The Hall–Kier alpha value is -1.98. The predicted octanol–water partition coefficient (Wildman–Crippen LogP) is 1.42. The van der Waals surface area contributed by atoms with E-state index in [-0.39, 0.29) is 6.04 Å². The molecule has 0 amide bonds. The second kappa shape index (κ2) is 5.77. The Kier molecular flexibility index (Phi) is 4.09. The maximum atomic E-state index is 5.94. The zero-order valence-corrected chi connectivity index (χ0v) is 11.2. The average Bonchev–Trinajstić information content (AvgIpc) is 2.36. The number of nitrogens with two attached hydrogens (primary N) is 2. The molecule has 2 heterocycles. The van der Waals surface area contributed by atoms with Gasteiger partial charge in [-0.1, -0.05) is 0 Å². The van der Waals surface area contributed by atoms with Crippen LogP contribution in [0.5, 0.6) is 0 Å². The SMILES string of the molecule is Cc1cc(C(Cc2cnccc2N)NN)cc(C)n1. The van der Waals surface area contributed by atoms with Crippen LogP contribution in [0.1, 0.15) is 28.6 Å². The van der Waals surface area contributed by atoms with Gasteiger partial charge in [0.05, 0.1) is 6.04 Å². The number of hydrogen-bond acceptors (Lipinski definition) is 5. The van der Waals surface area contributed by atoms with Crippen molar-refractivity contribution < 1.29 is 0 Å². The van der Waals surface area contributed by atoms with E-state index in [1.807, 2.05) is 26.0 Å². The number of aromatic nitrogens is 2. The first kappa shape index (κ1) is 13.5. The summed E-state index contributed by atoms with van der Waals surface area (Å²) in [6, 6.07) is 5.85. The maximum absolute atomic E-state index is 5.94. The molecule has 0 saturated carbocycles. The molecule has 0 fully saturated rings. The molecule has 2 aromatic rings. The van der Waals surface area contributed by atoms with E-state index in [1.54, 1.807) is 18.5 Å². The molecule has 0 spiro atoms. The van der Waals surface area contributed by atoms with Crippen LogP contribution < -0.4 is 17.0 Å². The van der Waals surface area contributed by atoms with Gasteiger partial charge in [-0.05, 0) is 49.6 Å². The third kappa shape index (κ3) is 3.27. The van der Waals surface area contributed by atoms with Crippen molar-refractivity contribution in [3.8, 4) is 0 Å². The van der Waals surface area contributed by atoms with Gasteiger partial charge in [-0.3, -0.25) is 21.2 Å². The molecule has 2 aromatic heterocycles. The number of aryl methyl sites for hydroxylation is 2. The van der Waals surface area contributed by atoms with Crippen LogP contribution in [0.4, 0.5) is 5.69 Å². The van der Waals surface area contributed by atoms with Crippen LogP contribution in [0.15, 0.2) is 30.6 Å². The molecule has 0 radical (unpaired) electrons. The van der Waals surface area contributed by atoms with Crippen molar-refractivity contribution in [1.82, 2.24) is 15.4 Å². The van der Waals surface area contributed by atoms with Gasteiger partial charge in [0.25, 0.3) is 0 Å². The summed E-state index contributed by atoms with van der Waals surface area (Å²) in [6.45, 7) is 3.95. The van der Waals surface area contributed by atoms with Crippen LogP contribution in [-0.2, 0) is 6.42 Å². The van der Waals surface area contributed by atoms with Gasteiger partial charge in [0.1, 0.15) is 0 Å². The van der Waals surface area contributed by atoms with E-state index in [1.165, 1.54) is 0 Å². The smallest absolute Gasteiger partial charge is 0.0502 e. The highest BCUT2D eigenvalue weighted by Crippen LogP contribution is 2.21. The quantitative estimate of drug-likeness (QED) is 0.569. The average molecular weight is 257 g/mol. The van der Waals surface area contributed by atoms with Gasteiger partial charge < -0.3 is 5.73 Å². The second-order valence-corrected chi connectivity index (χ2v) is 4.68. The number of rotatable bonds is 4. The van der Waals surface area contributed by atoms with Gasteiger partial charge in [-0.15, -0.1) is 0 Å². The van der Waals surface area contributed by atoms with Gasteiger partial charge in [0.15, 0.2) is 0 Å². The summed E-state index contributed by atoms with van der Waals surface area (Å²) in [5, 5.41) is 0. The highest BCUT2D eigenvalue weighted by atomic mass is 15.2. The Morgan fingerprint density at radius 1 is 1.26 bits per heavy atom. The summed E-state index contributed by atoms with van der Waals surface area (Å²) in [5.74, 6) is 5.67. The van der Waals surface area contributed by atoms with Crippen molar-refractivity contribution in [1.29, 1.82) is 0 Å². The Morgan fingerprint density at radius 2 is 1.95 bits per heavy atom. The van der Waals surface area contributed by atoms with Gasteiger partial charge >= 0.3 is 0 Å². The largest absolute Gasteiger partial charge is 0.398 e. The van der Waals surface area contributed by atoms with E-state index in [2.05, 4.69) is 15.4 Å². The summed E-state index contributed by atoms with van der Waals surface area (Å²) in [4.78, 5) is 8.47. The summed E-state index contributed by atoms with van der Waals surface area (Å²) in [7, 11) is 0. The van der Waals surface area contributed by atoms with Crippen LogP contribution in [0.3, 0.4) is 0 Å². The lowest BCUT2D eigenvalue weighted by Gasteiger charge is -2.18. The minimum Gasteiger partial charge on any atom is -0.398 e. The minimum atomic E-state index is -0.00750. The Bertz CT molecular complexity index is 547. The normalized spacial score (nSPS) is 12.4. The molecule has 0 aliphatic rings. The van der Waals surface area contributed by atoms with Crippen molar-refractivity contribution in [2.45, 2.75) is 26.3 Å². The topological polar surface area (TPSA) is 89.8 Å². The molecule has 0 aliphatic carbocycles.